The van der Waals surface area contributed by atoms with E-state index in [1.165, 1.54) is 13.2 Å². The highest BCUT2D eigenvalue weighted by Crippen LogP contribution is 2.44. The normalized spacial score (nSPS) is 12.1. The molecule has 0 aliphatic rings. The van der Waals surface area contributed by atoms with Crippen molar-refractivity contribution in [1.82, 2.24) is 0 Å². The van der Waals surface area contributed by atoms with Gasteiger partial charge in [-0.15, -0.1) is 0 Å². The van der Waals surface area contributed by atoms with E-state index in [0.29, 0.717) is 18.2 Å². The molecule has 10 heteroatoms. The van der Waals surface area contributed by atoms with Gasteiger partial charge in [0.1, 0.15) is 23.1 Å². The summed E-state index contributed by atoms with van der Waals surface area (Å²) in [5.74, 6) is -2.91. The summed E-state index contributed by atoms with van der Waals surface area (Å²) in [6.07, 6.45) is -4.86. The number of halogens is 5. The first-order chi connectivity index (χ1) is 14.6. The molecule has 3 aromatic carbocycles. The highest BCUT2D eigenvalue weighted by molar-refractivity contribution is 6.07. The lowest BCUT2D eigenvalue weighted by Crippen LogP contribution is -2.17. The van der Waals surface area contributed by atoms with Crippen LogP contribution in [0.25, 0.3) is 22.3 Å². The van der Waals surface area contributed by atoms with Gasteiger partial charge < -0.3 is 20.8 Å². The van der Waals surface area contributed by atoms with Crippen LogP contribution in [0.15, 0.2) is 53.7 Å². The molecule has 0 radical (unpaired) electrons. The van der Waals surface area contributed by atoms with Crippen molar-refractivity contribution in [2.75, 3.05) is 7.11 Å². The zero-order valence-electron chi connectivity index (χ0n) is 15.8. The first-order valence-corrected chi connectivity index (χ1v) is 8.62. The van der Waals surface area contributed by atoms with Crippen molar-refractivity contribution in [1.29, 1.82) is 0 Å². The molecule has 0 spiro atoms. The summed E-state index contributed by atoms with van der Waals surface area (Å²) in [4.78, 5) is 0. The number of methoxy groups -OCH3 is 1. The number of amidine groups is 1. The third kappa shape index (κ3) is 4.23. The summed E-state index contributed by atoms with van der Waals surface area (Å²) < 4.78 is 74.7. The molecule has 0 fully saturated rings. The van der Waals surface area contributed by atoms with Crippen molar-refractivity contribution >= 4 is 5.84 Å². The van der Waals surface area contributed by atoms with Crippen LogP contribution >= 0.6 is 0 Å². The number of phenolic OH excluding ortho intramolecular Hbond substituents is 1. The van der Waals surface area contributed by atoms with Crippen LogP contribution in [0.1, 0.15) is 11.1 Å². The zero-order valence-corrected chi connectivity index (χ0v) is 15.8. The van der Waals surface area contributed by atoms with Gasteiger partial charge in [0.15, 0.2) is 5.84 Å². The zero-order chi connectivity index (χ0) is 22.9. The lowest BCUT2D eigenvalue weighted by molar-refractivity contribution is -0.137. The third-order valence-electron chi connectivity index (χ3n) is 4.52. The van der Waals surface area contributed by atoms with E-state index in [1.807, 2.05) is 0 Å². The predicted octanol–water partition coefficient (Wildman–Crippen LogP) is 5.13. The second-order valence-electron chi connectivity index (χ2n) is 6.44. The summed E-state index contributed by atoms with van der Waals surface area (Å²) >= 11 is 0. The number of hydrogen-bond donors (Lipinski definition) is 3. The molecule has 0 atom stereocenters. The highest BCUT2D eigenvalue weighted by Gasteiger charge is 2.34. The molecule has 162 valence electrons. The maximum absolute atomic E-state index is 14.7. The maximum atomic E-state index is 14.7. The van der Waals surface area contributed by atoms with Gasteiger partial charge in [-0.05, 0) is 48.0 Å². The molecule has 0 aliphatic heterocycles. The van der Waals surface area contributed by atoms with Gasteiger partial charge in [0.2, 0.25) is 0 Å². The lowest BCUT2D eigenvalue weighted by atomic mass is 9.87. The highest BCUT2D eigenvalue weighted by atomic mass is 19.4. The van der Waals surface area contributed by atoms with E-state index in [4.69, 9.17) is 15.7 Å². The number of ether oxygens (including phenoxy) is 1. The Hall–Kier alpha value is -3.82. The third-order valence-corrected chi connectivity index (χ3v) is 4.52. The van der Waals surface area contributed by atoms with Gasteiger partial charge in [0.05, 0.1) is 12.7 Å². The monoisotopic (exact) mass is 438 g/mol. The number of oxime groups is 1. The van der Waals surface area contributed by atoms with Gasteiger partial charge in [-0.2, -0.15) is 13.2 Å². The number of alkyl halides is 3. The Labute approximate surface area is 172 Å². The number of hydrogen-bond acceptors (Lipinski definition) is 4. The lowest BCUT2D eigenvalue weighted by Gasteiger charge is -2.20. The molecule has 31 heavy (non-hydrogen) atoms. The standard InChI is InChI=1S/C21H15F5N2O3/c1-31-18-5-2-11(22)8-15(18)19-14(13-4-3-12(29)9-17(13)23)6-10(21(24,25)26)7-16(19)20(27)28-30/h2-9,29-30H,1H3,(H2,27,28). The second-order valence-corrected chi connectivity index (χ2v) is 6.44. The first-order valence-electron chi connectivity index (χ1n) is 8.62. The molecule has 4 N–H and O–H groups in total. The molecular weight excluding hydrogens is 423 g/mol. The van der Waals surface area contributed by atoms with Crippen molar-refractivity contribution in [2.24, 2.45) is 10.9 Å². The smallest absolute Gasteiger partial charge is 0.416 e. The Balaban J connectivity index is 2.55. The van der Waals surface area contributed by atoms with E-state index >= 15 is 0 Å². The minimum Gasteiger partial charge on any atom is -0.508 e. The van der Waals surface area contributed by atoms with E-state index in [-0.39, 0.29) is 28.0 Å². The van der Waals surface area contributed by atoms with Gasteiger partial charge in [-0.25, -0.2) is 8.78 Å². The molecule has 0 aromatic heterocycles. The summed E-state index contributed by atoms with van der Waals surface area (Å²) in [6, 6.07) is 7.38. The van der Waals surface area contributed by atoms with Gasteiger partial charge >= 0.3 is 6.18 Å². The van der Waals surface area contributed by atoms with Crippen LogP contribution in [0.3, 0.4) is 0 Å². The fourth-order valence-corrected chi connectivity index (χ4v) is 3.16. The first kappa shape index (κ1) is 21.9. The number of rotatable bonds is 4. The fourth-order valence-electron chi connectivity index (χ4n) is 3.16. The molecule has 0 unspecified atom stereocenters. The Morgan fingerprint density at radius 2 is 1.68 bits per heavy atom. The Kier molecular flexibility index (Phi) is 5.74. The molecule has 0 aliphatic carbocycles. The molecular formula is C21H15F5N2O3. The van der Waals surface area contributed by atoms with Crippen molar-refractivity contribution in [3.05, 3.63) is 71.3 Å². The molecule has 3 aromatic rings. The van der Waals surface area contributed by atoms with Gasteiger partial charge in [-0.1, -0.05) is 5.16 Å². The maximum Gasteiger partial charge on any atom is 0.416 e. The minimum absolute atomic E-state index is 0.0496. The molecule has 3 rings (SSSR count). The van der Waals surface area contributed by atoms with Crippen molar-refractivity contribution in [3.8, 4) is 33.8 Å². The van der Waals surface area contributed by atoms with Crippen LogP contribution in [-0.2, 0) is 6.18 Å². The average molecular weight is 438 g/mol. The van der Waals surface area contributed by atoms with E-state index in [2.05, 4.69) is 5.16 Å². The van der Waals surface area contributed by atoms with Gasteiger partial charge in [-0.3, -0.25) is 0 Å². The van der Waals surface area contributed by atoms with Crippen LogP contribution in [0.5, 0.6) is 11.5 Å². The van der Waals surface area contributed by atoms with E-state index < -0.39 is 40.5 Å². The quantitative estimate of drug-likeness (QED) is 0.173. The van der Waals surface area contributed by atoms with Gasteiger partial charge in [0, 0.05) is 28.3 Å². The number of nitrogens with zero attached hydrogens (tertiary/aromatic N) is 1. The molecule has 0 heterocycles. The number of aromatic hydroxyl groups is 1. The fraction of sp³-hybridized carbons (Fsp3) is 0.0952. The topological polar surface area (TPSA) is 88.1 Å². The number of benzene rings is 3. The summed E-state index contributed by atoms with van der Waals surface area (Å²) in [5, 5.41) is 21.4. The van der Waals surface area contributed by atoms with Crippen molar-refractivity contribution in [2.45, 2.75) is 6.18 Å². The van der Waals surface area contributed by atoms with Crippen LogP contribution in [-0.4, -0.2) is 23.3 Å². The molecule has 0 amide bonds. The molecule has 0 saturated carbocycles. The average Bonchev–Trinajstić information content (AvgIpc) is 2.71. The van der Waals surface area contributed by atoms with Crippen LogP contribution in [0.2, 0.25) is 0 Å². The van der Waals surface area contributed by atoms with E-state index in [9.17, 15) is 27.1 Å². The van der Waals surface area contributed by atoms with Gasteiger partial charge in [0.25, 0.3) is 0 Å². The van der Waals surface area contributed by atoms with E-state index in [1.54, 1.807) is 0 Å². The summed E-state index contributed by atoms with van der Waals surface area (Å²) in [6.45, 7) is 0. The van der Waals surface area contributed by atoms with Crippen molar-refractivity contribution in [3.63, 3.8) is 0 Å². The Morgan fingerprint density at radius 3 is 2.26 bits per heavy atom. The van der Waals surface area contributed by atoms with E-state index in [0.717, 1.165) is 24.3 Å². The Bertz CT molecular complexity index is 1180. The molecule has 0 bridgehead atoms. The SMILES string of the molecule is COc1ccc(F)cc1-c1c(C(N)=NO)cc(C(F)(F)F)cc1-c1ccc(O)cc1F. The Morgan fingerprint density at radius 1 is 0.968 bits per heavy atom. The van der Waals surface area contributed by atoms with Crippen molar-refractivity contribution < 1.29 is 37.0 Å². The van der Waals surface area contributed by atoms with Crippen LogP contribution < -0.4 is 10.5 Å². The number of phenols is 1. The minimum atomic E-state index is -4.86. The van der Waals surface area contributed by atoms with Crippen LogP contribution in [0, 0.1) is 11.6 Å². The predicted molar refractivity (Wildman–Crippen MR) is 103 cm³/mol. The molecule has 5 nitrogen and oxygen atoms in total. The summed E-state index contributed by atoms with van der Waals surface area (Å²) in [7, 11) is 1.25. The van der Waals surface area contributed by atoms with Crippen LogP contribution in [0.4, 0.5) is 22.0 Å². The molecule has 0 saturated heterocycles. The number of nitrogens with two attached hydrogens (primary N) is 1. The largest absolute Gasteiger partial charge is 0.508 e. The summed E-state index contributed by atoms with van der Waals surface area (Å²) in [5.41, 5.74) is 3.12. The second kappa shape index (κ2) is 8.13.